The molecule has 1 aromatic heterocycles. The molecule has 4 heteroatoms. The van der Waals surface area contributed by atoms with Gasteiger partial charge in [0.15, 0.2) is 0 Å². The van der Waals surface area contributed by atoms with Crippen LogP contribution in [0.15, 0.2) is 59.2 Å². The first kappa shape index (κ1) is 17.4. The second-order valence-corrected chi connectivity index (χ2v) is 7.20. The first-order valence-corrected chi connectivity index (χ1v) is 8.42. The predicted octanol–water partition coefficient (Wildman–Crippen LogP) is 5.07. The number of hydrogen-bond donors (Lipinski definition) is 1. The van der Waals surface area contributed by atoms with E-state index < -0.39 is 0 Å². The molecule has 0 spiro atoms. The van der Waals surface area contributed by atoms with Gasteiger partial charge in [0.05, 0.1) is 5.69 Å². The van der Waals surface area contributed by atoms with E-state index >= 15 is 0 Å². The van der Waals surface area contributed by atoms with Crippen molar-refractivity contribution in [3.8, 4) is 11.5 Å². The number of halogens is 1. The highest BCUT2D eigenvalue weighted by molar-refractivity contribution is 5.52. The zero-order chi connectivity index (χ0) is 17.9. The maximum atomic E-state index is 13.3. The van der Waals surface area contributed by atoms with Crippen LogP contribution in [0.2, 0.25) is 0 Å². The van der Waals surface area contributed by atoms with Crippen LogP contribution in [0.4, 0.5) is 4.39 Å². The number of nitrogens with one attached hydrogen (secondary N) is 1. The Kier molecular flexibility index (Phi) is 5.00. The fourth-order valence-corrected chi connectivity index (χ4v) is 2.60. The molecule has 0 bridgehead atoms. The van der Waals surface area contributed by atoms with Crippen LogP contribution in [0.3, 0.4) is 0 Å². The molecule has 25 heavy (non-hydrogen) atoms. The van der Waals surface area contributed by atoms with Gasteiger partial charge in [-0.25, -0.2) is 9.37 Å². The molecule has 2 aromatic carbocycles. The lowest BCUT2D eigenvalue weighted by molar-refractivity contribution is 0.568. The molecular weight excluding hydrogens is 315 g/mol. The van der Waals surface area contributed by atoms with Gasteiger partial charge in [0.25, 0.3) is 0 Å². The van der Waals surface area contributed by atoms with E-state index in [1.165, 1.54) is 23.3 Å². The SMILES string of the molecule is CC(C)(C)c1ccc(CNCc2coc(-c3cccc(F)c3)n2)cc1. The van der Waals surface area contributed by atoms with Crippen LogP contribution in [0.25, 0.3) is 11.5 Å². The molecule has 0 radical (unpaired) electrons. The van der Waals surface area contributed by atoms with Crippen LogP contribution in [0.5, 0.6) is 0 Å². The summed E-state index contributed by atoms with van der Waals surface area (Å²) < 4.78 is 18.7. The first-order valence-electron chi connectivity index (χ1n) is 8.42. The van der Waals surface area contributed by atoms with Crippen molar-refractivity contribution in [1.82, 2.24) is 10.3 Å². The van der Waals surface area contributed by atoms with Gasteiger partial charge in [0.1, 0.15) is 12.1 Å². The maximum Gasteiger partial charge on any atom is 0.226 e. The largest absolute Gasteiger partial charge is 0.444 e. The van der Waals surface area contributed by atoms with E-state index in [2.05, 4.69) is 55.3 Å². The topological polar surface area (TPSA) is 38.1 Å². The van der Waals surface area contributed by atoms with Crippen molar-refractivity contribution in [3.63, 3.8) is 0 Å². The molecule has 0 saturated carbocycles. The molecule has 130 valence electrons. The second-order valence-electron chi connectivity index (χ2n) is 7.20. The smallest absolute Gasteiger partial charge is 0.226 e. The van der Waals surface area contributed by atoms with Gasteiger partial charge in [-0.05, 0) is 34.7 Å². The Hall–Kier alpha value is -2.46. The first-order chi connectivity index (χ1) is 11.9. The lowest BCUT2D eigenvalue weighted by atomic mass is 9.87. The van der Waals surface area contributed by atoms with E-state index in [1.807, 2.05) is 0 Å². The van der Waals surface area contributed by atoms with Gasteiger partial charge in [-0.1, -0.05) is 51.1 Å². The lowest BCUT2D eigenvalue weighted by Gasteiger charge is -2.19. The van der Waals surface area contributed by atoms with Gasteiger partial charge in [-0.15, -0.1) is 0 Å². The third-order valence-electron chi connectivity index (χ3n) is 4.08. The molecule has 3 rings (SSSR count). The fraction of sp³-hybridized carbons (Fsp3) is 0.286. The summed E-state index contributed by atoms with van der Waals surface area (Å²) in [6.07, 6.45) is 1.61. The van der Waals surface area contributed by atoms with Gasteiger partial charge in [-0.3, -0.25) is 0 Å². The summed E-state index contributed by atoms with van der Waals surface area (Å²) in [7, 11) is 0. The van der Waals surface area contributed by atoms with Gasteiger partial charge >= 0.3 is 0 Å². The Morgan fingerprint density at radius 1 is 1.04 bits per heavy atom. The number of rotatable bonds is 5. The van der Waals surface area contributed by atoms with Crippen molar-refractivity contribution in [2.24, 2.45) is 0 Å². The van der Waals surface area contributed by atoms with Gasteiger partial charge in [-0.2, -0.15) is 0 Å². The van der Waals surface area contributed by atoms with Crippen molar-refractivity contribution in [1.29, 1.82) is 0 Å². The molecule has 0 aliphatic carbocycles. The normalized spacial score (nSPS) is 11.7. The van der Waals surface area contributed by atoms with Crippen LogP contribution < -0.4 is 5.32 Å². The molecule has 0 aliphatic heterocycles. The Morgan fingerprint density at radius 3 is 2.48 bits per heavy atom. The van der Waals surface area contributed by atoms with E-state index in [1.54, 1.807) is 18.4 Å². The highest BCUT2D eigenvalue weighted by atomic mass is 19.1. The minimum atomic E-state index is -0.297. The highest BCUT2D eigenvalue weighted by Gasteiger charge is 2.12. The summed E-state index contributed by atoms with van der Waals surface area (Å²) in [6.45, 7) is 7.98. The van der Waals surface area contributed by atoms with Crippen LogP contribution in [-0.4, -0.2) is 4.98 Å². The van der Waals surface area contributed by atoms with E-state index in [9.17, 15) is 4.39 Å². The molecule has 0 aliphatic rings. The quantitative estimate of drug-likeness (QED) is 0.706. The number of oxazole rings is 1. The molecule has 1 heterocycles. The van der Waals surface area contributed by atoms with Crippen molar-refractivity contribution in [2.45, 2.75) is 39.3 Å². The standard InChI is InChI=1S/C21H23FN2O/c1-21(2,3)17-9-7-15(8-10-17)12-23-13-19-14-25-20(24-19)16-5-4-6-18(22)11-16/h4-11,14,23H,12-13H2,1-3H3. The van der Waals surface area contributed by atoms with E-state index in [-0.39, 0.29) is 11.2 Å². The Morgan fingerprint density at radius 2 is 1.80 bits per heavy atom. The fourth-order valence-electron chi connectivity index (χ4n) is 2.60. The summed E-state index contributed by atoms with van der Waals surface area (Å²) >= 11 is 0. The van der Waals surface area contributed by atoms with E-state index in [4.69, 9.17) is 4.42 Å². The highest BCUT2D eigenvalue weighted by Crippen LogP contribution is 2.22. The van der Waals surface area contributed by atoms with Crippen LogP contribution in [0, 0.1) is 5.82 Å². The van der Waals surface area contributed by atoms with Crippen molar-refractivity contribution in [3.05, 3.63) is 77.4 Å². The predicted molar refractivity (Wildman–Crippen MR) is 97.6 cm³/mol. The van der Waals surface area contributed by atoms with Crippen molar-refractivity contribution in [2.75, 3.05) is 0 Å². The van der Waals surface area contributed by atoms with Gasteiger partial charge < -0.3 is 9.73 Å². The molecule has 0 atom stereocenters. The molecule has 0 unspecified atom stereocenters. The summed E-state index contributed by atoms with van der Waals surface area (Å²) in [6, 6.07) is 14.9. The molecular formula is C21H23FN2O. The van der Waals surface area contributed by atoms with E-state index in [0.29, 0.717) is 18.0 Å². The number of aromatic nitrogens is 1. The maximum absolute atomic E-state index is 13.3. The summed E-state index contributed by atoms with van der Waals surface area (Å²) in [4.78, 5) is 4.40. The zero-order valence-corrected chi connectivity index (χ0v) is 14.8. The Balaban J connectivity index is 1.56. The molecule has 3 aromatic rings. The third kappa shape index (κ3) is 4.54. The Labute approximate surface area is 147 Å². The molecule has 0 saturated heterocycles. The van der Waals surface area contributed by atoms with Crippen LogP contribution in [0.1, 0.15) is 37.6 Å². The Bertz CT molecular complexity index is 832. The van der Waals surface area contributed by atoms with E-state index in [0.717, 1.165) is 12.2 Å². The van der Waals surface area contributed by atoms with Crippen molar-refractivity contribution >= 4 is 0 Å². The number of benzene rings is 2. The minimum absolute atomic E-state index is 0.167. The molecule has 3 nitrogen and oxygen atoms in total. The third-order valence-corrected chi connectivity index (χ3v) is 4.08. The minimum Gasteiger partial charge on any atom is -0.444 e. The molecule has 0 amide bonds. The van der Waals surface area contributed by atoms with Crippen LogP contribution >= 0.6 is 0 Å². The monoisotopic (exact) mass is 338 g/mol. The van der Waals surface area contributed by atoms with Crippen molar-refractivity contribution < 1.29 is 8.81 Å². The number of hydrogen-bond acceptors (Lipinski definition) is 3. The summed E-state index contributed by atoms with van der Waals surface area (Å²) in [5.74, 6) is 0.139. The number of nitrogens with zero attached hydrogens (tertiary/aromatic N) is 1. The van der Waals surface area contributed by atoms with Gasteiger partial charge in [0, 0.05) is 18.7 Å². The molecule has 0 fully saturated rings. The summed E-state index contributed by atoms with van der Waals surface area (Å²) in [5.41, 5.74) is 4.16. The zero-order valence-electron chi connectivity index (χ0n) is 14.8. The average Bonchev–Trinajstić information content (AvgIpc) is 3.03. The van der Waals surface area contributed by atoms with Gasteiger partial charge in [0.2, 0.25) is 5.89 Å². The van der Waals surface area contributed by atoms with Crippen LogP contribution in [-0.2, 0) is 18.5 Å². The second kappa shape index (κ2) is 7.19. The average molecular weight is 338 g/mol. The molecule has 1 N–H and O–H groups in total. The lowest BCUT2D eigenvalue weighted by Crippen LogP contribution is -2.14. The summed E-state index contributed by atoms with van der Waals surface area (Å²) in [5, 5.41) is 3.36.